The number of hydrogen-bond donors (Lipinski definition) is 0. The molecule has 1 fully saturated rings. The van der Waals surface area contributed by atoms with E-state index in [1.165, 1.54) is 6.33 Å². The SMILES string of the molecule is CCOC(=O)c1cn(C2CCN(C(=O)OC(C)(C)C)CC2)c2ncnc(Cl)c12. The molecule has 0 aromatic carbocycles. The zero-order chi connectivity index (χ0) is 20.5. The first-order chi connectivity index (χ1) is 13.2. The first-order valence-corrected chi connectivity index (χ1v) is 9.75. The van der Waals surface area contributed by atoms with Crippen LogP contribution in [0.4, 0.5) is 4.79 Å². The predicted molar refractivity (Wildman–Crippen MR) is 105 cm³/mol. The quantitative estimate of drug-likeness (QED) is 0.566. The van der Waals surface area contributed by atoms with E-state index in [0.717, 1.165) is 0 Å². The van der Waals surface area contributed by atoms with Crippen molar-refractivity contribution in [2.45, 2.75) is 52.2 Å². The summed E-state index contributed by atoms with van der Waals surface area (Å²) in [7, 11) is 0. The maximum Gasteiger partial charge on any atom is 0.410 e. The van der Waals surface area contributed by atoms with Gasteiger partial charge in [0.1, 0.15) is 22.7 Å². The van der Waals surface area contributed by atoms with E-state index in [0.29, 0.717) is 42.5 Å². The van der Waals surface area contributed by atoms with Crippen LogP contribution >= 0.6 is 11.6 Å². The average molecular weight is 409 g/mol. The van der Waals surface area contributed by atoms with Crippen LogP contribution < -0.4 is 0 Å². The molecule has 2 aromatic rings. The van der Waals surface area contributed by atoms with Crippen LogP contribution in [0.3, 0.4) is 0 Å². The van der Waals surface area contributed by atoms with E-state index in [1.807, 2.05) is 25.3 Å². The van der Waals surface area contributed by atoms with Crippen LogP contribution in [0.15, 0.2) is 12.5 Å². The summed E-state index contributed by atoms with van der Waals surface area (Å²) in [6.07, 6.45) is 4.24. The van der Waals surface area contributed by atoms with E-state index in [1.54, 1.807) is 18.0 Å². The highest BCUT2D eigenvalue weighted by molar-refractivity contribution is 6.35. The standard InChI is InChI=1S/C19H25ClN4O4/c1-5-27-17(25)13-10-24(16-14(13)15(20)21-11-22-16)12-6-8-23(9-7-12)18(26)28-19(2,3)4/h10-12H,5-9H2,1-4H3. The topological polar surface area (TPSA) is 86.5 Å². The molecule has 1 saturated heterocycles. The van der Waals surface area contributed by atoms with E-state index >= 15 is 0 Å². The molecule has 8 nitrogen and oxygen atoms in total. The summed E-state index contributed by atoms with van der Waals surface area (Å²) in [5, 5.41) is 0.718. The smallest absolute Gasteiger partial charge is 0.410 e. The summed E-state index contributed by atoms with van der Waals surface area (Å²) < 4.78 is 12.5. The molecule has 3 heterocycles. The highest BCUT2D eigenvalue weighted by Crippen LogP contribution is 2.32. The maximum absolute atomic E-state index is 12.4. The fourth-order valence-corrected chi connectivity index (χ4v) is 3.57. The average Bonchev–Trinajstić information content (AvgIpc) is 3.02. The molecular formula is C19H25ClN4O4. The molecule has 0 saturated carbocycles. The lowest BCUT2D eigenvalue weighted by molar-refractivity contribution is 0.0189. The van der Waals surface area contributed by atoms with Gasteiger partial charge in [-0.25, -0.2) is 19.6 Å². The molecule has 0 spiro atoms. The third-order valence-electron chi connectivity index (χ3n) is 4.57. The van der Waals surface area contributed by atoms with Crippen LogP contribution in [0.2, 0.25) is 5.15 Å². The molecular weight excluding hydrogens is 384 g/mol. The number of rotatable bonds is 3. The molecule has 28 heavy (non-hydrogen) atoms. The molecule has 1 aliphatic heterocycles. The Labute approximate surface area is 168 Å². The van der Waals surface area contributed by atoms with Crippen molar-refractivity contribution >= 4 is 34.7 Å². The molecule has 0 atom stereocenters. The minimum absolute atomic E-state index is 0.0790. The zero-order valence-corrected chi connectivity index (χ0v) is 17.3. The third-order valence-corrected chi connectivity index (χ3v) is 4.85. The van der Waals surface area contributed by atoms with Gasteiger partial charge in [0, 0.05) is 25.3 Å². The Kier molecular flexibility index (Phi) is 5.79. The second-order valence-corrected chi connectivity index (χ2v) is 8.09. The van der Waals surface area contributed by atoms with Gasteiger partial charge in [-0.2, -0.15) is 0 Å². The van der Waals surface area contributed by atoms with E-state index in [4.69, 9.17) is 21.1 Å². The maximum atomic E-state index is 12.4. The number of ether oxygens (including phenoxy) is 2. The Morgan fingerprint density at radius 3 is 2.54 bits per heavy atom. The van der Waals surface area contributed by atoms with E-state index in [2.05, 4.69) is 9.97 Å². The molecule has 152 valence electrons. The largest absolute Gasteiger partial charge is 0.462 e. The number of hydrogen-bond acceptors (Lipinski definition) is 6. The Hall–Kier alpha value is -2.35. The number of likely N-dealkylation sites (tertiary alicyclic amines) is 1. The van der Waals surface area contributed by atoms with Crippen molar-refractivity contribution < 1.29 is 19.1 Å². The monoisotopic (exact) mass is 408 g/mol. The number of esters is 1. The lowest BCUT2D eigenvalue weighted by Gasteiger charge is -2.34. The summed E-state index contributed by atoms with van der Waals surface area (Å²) >= 11 is 6.24. The zero-order valence-electron chi connectivity index (χ0n) is 16.6. The van der Waals surface area contributed by atoms with Crippen LogP contribution in [0.25, 0.3) is 11.0 Å². The van der Waals surface area contributed by atoms with Crippen LogP contribution in [-0.2, 0) is 9.47 Å². The molecule has 0 aliphatic carbocycles. The summed E-state index contributed by atoms with van der Waals surface area (Å²) in [5.41, 5.74) is 0.433. The van der Waals surface area contributed by atoms with Gasteiger partial charge in [0.05, 0.1) is 17.6 Å². The van der Waals surface area contributed by atoms with Gasteiger partial charge < -0.3 is 18.9 Å². The third kappa shape index (κ3) is 4.22. The number of carbonyl (C=O) groups is 2. The van der Waals surface area contributed by atoms with Crippen molar-refractivity contribution in [1.29, 1.82) is 0 Å². The first kappa shape index (κ1) is 20.4. The fraction of sp³-hybridized carbons (Fsp3) is 0.579. The lowest BCUT2D eigenvalue weighted by Crippen LogP contribution is -2.42. The number of nitrogens with zero attached hydrogens (tertiary/aromatic N) is 4. The van der Waals surface area contributed by atoms with Crippen LogP contribution in [0.5, 0.6) is 0 Å². The Bertz CT molecular complexity index is 882. The van der Waals surface area contributed by atoms with E-state index < -0.39 is 11.6 Å². The number of halogens is 1. The van der Waals surface area contributed by atoms with Gasteiger partial charge in [-0.15, -0.1) is 0 Å². The molecule has 2 aromatic heterocycles. The van der Waals surface area contributed by atoms with Gasteiger partial charge in [0.25, 0.3) is 0 Å². The Morgan fingerprint density at radius 1 is 1.25 bits per heavy atom. The second-order valence-electron chi connectivity index (χ2n) is 7.73. The summed E-state index contributed by atoms with van der Waals surface area (Å²) in [4.78, 5) is 34.7. The molecule has 3 rings (SSSR count). The van der Waals surface area contributed by atoms with Gasteiger partial charge in [0.2, 0.25) is 0 Å². The van der Waals surface area contributed by atoms with Gasteiger partial charge in [-0.3, -0.25) is 0 Å². The molecule has 0 bridgehead atoms. The highest BCUT2D eigenvalue weighted by Gasteiger charge is 2.30. The fourth-order valence-electron chi connectivity index (χ4n) is 3.34. The number of piperidine rings is 1. The van der Waals surface area contributed by atoms with Crippen molar-refractivity contribution in [2.24, 2.45) is 0 Å². The Balaban J connectivity index is 1.83. The van der Waals surface area contributed by atoms with Gasteiger partial charge >= 0.3 is 12.1 Å². The molecule has 0 unspecified atom stereocenters. The van der Waals surface area contributed by atoms with Gasteiger partial charge in [0.15, 0.2) is 0 Å². The van der Waals surface area contributed by atoms with Crippen LogP contribution in [0, 0.1) is 0 Å². The molecule has 0 radical (unpaired) electrons. The predicted octanol–water partition coefficient (Wildman–Crippen LogP) is 3.83. The molecule has 9 heteroatoms. The minimum atomic E-state index is -0.521. The summed E-state index contributed by atoms with van der Waals surface area (Å²) in [6, 6.07) is 0.0790. The minimum Gasteiger partial charge on any atom is -0.462 e. The van der Waals surface area contributed by atoms with Crippen molar-refractivity contribution in [1.82, 2.24) is 19.4 Å². The van der Waals surface area contributed by atoms with E-state index in [9.17, 15) is 9.59 Å². The van der Waals surface area contributed by atoms with Crippen molar-refractivity contribution in [3.63, 3.8) is 0 Å². The molecule has 1 amide bonds. The number of fused-ring (bicyclic) bond motifs is 1. The number of carbonyl (C=O) groups excluding carboxylic acids is 2. The second kappa shape index (κ2) is 7.95. The van der Waals surface area contributed by atoms with Crippen molar-refractivity contribution in [2.75, 3.05) is 19.7 Å². The Morgan fingerprint density at radius 2 is 1.93 bits per heavy atom. The highest BCUT2D eigenvalue weighted by atomic mass is 35.5. The normalized spacial score (nSPS) is 15.7. The summed E-state index contributed by atoms with van der Waals surface area (Å²) in [6.45, 7) is 8.70. The van der Waals surface area contributed by atoms with Crippen molar-refractivity contribution in [3.8, 4) is 0 Å². The molecule has 1 aliphatic rings. The molecule has 0 N–H and O–H groups in total. The van der Waals surface area contributed by atoms with Crippen LogP contribution in [0.1, 0.15) is 56.9 Å². The van der Waals surface area contributed by atoms with Crippen LogP contribution in [-0.4, -0.2) is 56.8 Å². The summed E-state index contributed by atoms with van der Waals surface area (Å²) in [5.74, 6) is -0.450. The van der Waals surface area contributed by atoms with Gasteiger partial charge in [-0.1, -0.05) is 11.6 Å². The number of aromatic nitrogens is 3. The lowest BCUT2D eigenvalue weighted by atomic mass is 10.1. The first-order valence-electron chi connectivity index (χ1n) is 9.37. The van der Waals surface area contributed by atoms with Crippen molar-refractivity contribution in [3.05, 3.63) is 23.2 Å². The number of amides is 1. The van der Waals surface area contributed by atoms with Gasteiger partial charge in [-0.05, 0) is 40.5 Å². The van der Waals surface area contributed by atoms with E-state index in [-0.39, 0.29) is 23.9 Å².